The molecule has 0 aromatic carbocycles. The lowest BCUT2D eigenvalue weighted by molar-refractivity contribution is -0.126. The Morgan fingerprint density at radius 3 is 2.23 bits per heavy atom. The van der Waals surface area contributed by atoms with Gasteiger partial charge in [0.05, 0.1) is 11.1 Å². The lowest BCUT2D eigenvalue weighted by atomic mass is 9.99. The SMILES string of the molecule is CCC(C)(N)C(=O)NCC(C)(C)O. The third kappa shape index (κ3) is 4.85. The van der Waals surface area contributed by atoms with E-state index in [1.54, 1.807) is 20.8 Å². The summed E-state index contributed by atoms with van der Waals surface area (Å²) in [6.45, 7) is 7.01. The van der Waals surface area contributed by atoms with E-state index < -0.39 is 11.1 Å². The number of hydrogen-bond donors (Lipinski definition) is 3. The van der Waals surface area contributed by atoms with Crippen molar-refractivity contribution in [2.24, 2.45) is 5.73 Å². The molecule has 0 saturated heterocycles. The fourth-order valence-electron chi connectivity index (χ4n) is 0.659. The van der Waals surface area contributed by atoms with Crippen LogP contribution in [0.2, 0.25) is 0 Å². The van der Waals surface area contributed by atoms with Crippen LogP contribution in [-0.2, 0) is 4.79 Å². The first kappa shape index (κ1) is 12.4. The minimum Gasteiger partial charge on any atom is -0.389 e. The molecule has 4 heteroatoms. The summed E-state index contributed by atoms with van der Waals surface area (Å²) in [6, 6.07) is 0. The molecule has 0 aliphatic heterocycles. The Morgan fingerprint density at radius 2 is 1.92 bits per heavy atom. The van der Waals surface area contributed by atoms with Crippen LogP contribution in [0.5, 0.6) is 0 Å². The summed E-state index contributed by atoms with van der Waals surface area (Å²) < 4.78 is 0. The van der Waals surface area contributed by atoms with Crippen LogP contribution in [-0.4, -0.2) is 28.7 Å². The Morgan fingerprint density at radius 1 is 1.46 bits per heavy atom. The van der Waals surface area contributed by atoms with Gasteiger partial charge >= 0.3 is 0 Å². The molecule has 0 aliphatic carbocycles. The van der Waals surface area contributed by atoms with Gasteiger partial charge in [-0.3, -0.25) is 4.79 Å². The highest BCUT2D eigenvalue weighted by Crippen LogP contribution is 2.05. The van der Waals surface area contributed by atoms with Crippen molar-refractivity contribution in [3.8, 4) is 0 Å². The summed E-state index contributed by atoms with van der Waals surface area (Å²) in [5.41, 5.74) is 3.96. The average Bonchev–Trinajstić information content (AvgIpc) is 1.98. The van der Waals surface area contributed by atoms with Gasteiger partial charge in [-0.15, -0.1) is 0 Å². The van der Waals surface area contributed by atoms with Crippen LogP contribution in [0.4, 0.5) is 0 Å². The summed E-state index contributed by atoms with van der Waals surface area (Å²) in [5, 5.41) is 11.9. The number of aliphatic hydroxyl groups is 1. The van der Waals surface area contributed by atoms with Crippen LogP contribution in [0.15, 0.2) is 0 Å². The zero-order valence-electron chi connectivity index (χ0n) is 8.85. The van der Waals surface area contributed by atoms with Gasteiger partial charge in [0.2, 0.25) is 5.91 Å². The third-order valence-electron chi connectivity index (χ3n) is 1.93. The molecule has 0 heterocycles. The van der Waals surface area contributed by atoms with Crippen LogP contribution in [0.1, 0.15) is 34.1 Å². The normalized spacial score (nSPS) is 16.5. The second-order valence-electron chi connectivity index (χ2n) is 4.27. The van der Waals surface area contributed by atoms with Crippen molar-refractivity contribution >= 4 is 5.91 Å². The number of carbonyl (C=O) groups excluding carboxylic acids is 1. The van der Waals surface area contributed by atoms with Crippen molar-refractivity contribution in [3.05, 3.63) is 0 Å². The van der Waals surface area contributed by atoms with Crippen molar-refractivity contribution in [2.75, 3.05) is 6.54 Å². The second-order valence-corrected chi connectivity index (χ2v) is 4.27. The van der Waals surface area contributed by atoms with Crippen molar-refractivity contribution in [3.63, 3.8) is 0 Å². The molecule has 78 valence electrons. The smallest absolute Gasteiger partial charge is 0.239 e. The first-order valence-corrected chi connectivity index (χ1v) is 4.48. The largest absolute Gasteiger partial charge is 0.389 e. The Balaban J connectivity index is 4.03. The van der Waals surface area contributed by atoms with Gasteiger partial charge < -0.3 is 16.2 Å². The molecule has 0 saturated carbocycles. The van der Waals surface area contributed by atoms with Crippen molar-refractivity contribution < 1.29 is 9.90 Å². The van der Waals surface area contributed by atoms with Gasteiger partial charge in [0.1, 0.15) is 0 Å². The molecule has 0 aliphatic rings. The average molecular weight is 188 g/mol. The molecule has 0 aromatic heterocycles. The summed E-state index contributed by atoms with van der Waals surface area (Å²) in [5.74, 6) is -0.225. The van der Waals surface area contributed by atoms with Gasteiger partial charge in [-0.05, 0) is 27.2 Å². The molecule has 4 nitrogen and oxygen atoms in total. The van der Waals surface area contributed by atoms with Crippen LogP contribution in [0.3, 0.4) is 0 Å². The fourth-order valence-corrected chi connectivity index (χ4v) is 0.659. The van der Waals surface area contributed by atoms with Gasteiger partial charge in [0.25, 0.3) is 0 Å². The van der Waals surface area contributed by atoms with E-state index in [2.05, 4.69) is 5.32 Å². The lowest BCUT2D eigenvalue weighted by Crippen LogP contribution is -2.53. The van der Waals surface area contributed by atoms with E-state index >= 15 is 0 Å². The monoisotopic (exact) mass is 188 g/mol. The Bertz CT molecular complexity index is 183. The maximum Gasteiger partial charge on any atom is 0.239 e. The van der Waals surface area contributed by atoms with E-state index in [4.69, 9.17) is 5.73 Å². The maximum atomic E-state index is 11.4. The topological polar surface area (TPSA) is 75.4 Å². The second kappa shape index (κ2) is 4.07. The van der Waals surface area contributed by atoms with Gasteiger partial charge in [-0.1, -0.05) is 6.92 Å². The summed E-state index contributed by atoms with van der Waals surface area (Å²) in [4.78, 5) is 11.4. The predicted octanol–water partition coefficient (Wildman–Crippen LogP) is 0.000900. The Kier molecular flexibility index (Phi) is 3.88. The molecule has 0 radical (unpaired) electrons. The van der Waals surface area contributed by atoms with Gasteiger partial charge in [-0.25, -0.2) is 0 Å². The lowest BCUT2D eigenvalue weighted by Gasteiger charge is -2.24. The molecule has 13 heavy (non-hydrogen) atoms. The predicted molar refractivity (Wildman–Crippen MR) is 52.2 cm³/mol. The minimum atomic E-state index is -0.889. The molecular weight excluding hydrogens is 168 g/mol. The van der Waals surface area contributed by atoms with Crippen molar-refractivity contribution in [1.82, 2.24) is 5.32 Å². The van der Waals surface area contributed by atoms with E-state index in [0.717, 1.165) is 0 Å². The molecule has 4 N–H and O–H groups in total. The van der Waals surface area contributed by atoms with E-state index in [9.17, 15) is 9.90 Å². The fraction of sp³-hybridized carbons (Fsp3) is 0.889. The van der Waals surface area contributed by atoms with Gasteiger partial charge in [-0.2, -0.15) is 0 Å². The molecule has 1 unspecified atom stereocenters. The third-order valence-corrected chi connectivity index (χ3v) is 1.93. The molecule has 1 amide bonds. The van der Waals surface area contributed by atoms with Gasteiger partial charge in [0.15, 0.2) is 0 Å². The van der Waals surface area contributed by atoms with Crippen LogP contribution < -0.4 is 11.1 Å². The zero-order chi connectivity index (χ0) is 10.7. The van der Waals surface area contributed by atoms with Crippen molar-refractivity contribution in [2.45, 2.75) is 45.3 Å². The first-order valence-electron chi connectivity index (χ1n) is 4.48. The molecule has 1 atom stereocenters. The highest BCUT2D eigenvalue weighted by molar-refractivity contribution is 5.85. The summed E-state index contributed by atoms with van der Waals surface area (Å²) in [7, 11) is 0. The highest BCUT2D eigenvalue weighted by atomic mass is 16.3. The number of hydrogen-bond acceptors (Lipinski definition) is 3. The summed E-state index contributed by atoms with van der Waals surface area (Å²) in [6.07, 6.45) is 0.574. The van der Waals surface area contributed by atoms with E-state index in [0.29, 0.717) is 6.42 Å². The maximum absolute atomic E-state index is 11.4. The van der Waals surface area contributed by atoms with Crippen LogP contribution in [0, 0.1) is 0 Å². The molecule has 0 aromatic rings. The molecule has 0 spiro atoms. The zero-order valence-corrected chi connectivity index (χ0v) is 8.85. The first-order chi connectivity index (χ1) is 5.69. The van der Waals surface area contributed by atoms with Crippen LogP contribution in [0.25, 0.3) is 0 Å². The van der Waals surface area contributed by atoms with Crippen molar-refractivity contribution in [1.29, 1.82) is 0 Å². The highest BCUT2D eigenvalue weighted by Gasteiger charge is 2.26. The Hall–Kier alpha value is -0.610. The number of amides is 1. The molecular formula is C9H20N2O2. The van der Waals surface area contributed by atoms with E-state index in [1.807, 2.05) is 6.92 Å². The van der Waals surface area contributed by atoms with E-state index in [-0.39, 0.29) is 12.5 Å². The van der Waals surface area contributed by atoms with E-state index in [1.165, 1.54) is 0 Å². The number of carbonyl (C=O) groups is 1. The Labute approximate surface area is 79.5 Å². The minimum absolute atomic E-state index is 0.221. The summed E-state index contributed by atoms with van der Waals surface area (Å²) >= 11 is 0. The van der Waals surface area contributed by atoms with Crippen LogP contribution >= 0.6 is 0 Å². The number of nitrogens with two attached hydrogens (primary N) is 1. The molecule has 0 fully saturated rings. The molecule has 0 rings (SSSR count). The van der Waals surface area contributed by atoms with Gasteiger partial charge in [0, 0.05) is 6.54 Å². The standard InChI is InChI=1S/C9H20N2O2/c1-5-9(4,10)7(12)11-6-8(2,3)13/h13H,5-6,10H2,1-4H3,(H,11,12). The quantitative estimate of drug-likeness (QED) is 0.581. The number of rotatable bonds is 4. The molecule has 0 bridgehead atoms. The number of nitrogens with one attached hydrogen (secondary N) is 1.